The third-order valence-corrected chi connectivity index (χ3v) is 2.71. The molecule has 0 unspecified atom stereocenters. The summed E-state index contributed by atoms with van der Waals surface area (Å²) in [4.78, 5) is 4.06. The van der Waals surface area contributed by atoms with Crippen LogP contribution < -0.4 is 4.74 Å². The number of ether oxygens (including phenoxy) is 1. The maximum absolute atomic E-state index is 8.82. The predicted octanol–water partition coefficient (Wildman–Crippen LogP) is 2.24. The summed E-state index contributed by atoms with van der Waals surface area (Å²) >= 11 is 0. The summed E-state index contributed by atoms with van der Waals surface area (Å²) in [6, 6.07) is 11.8. The minimum absolute atomic E-state index is 0.182. The SMILES string of the molecule is OCCc1ccc(OCCc2cccnc2)cc1. The van der Waals surface area contributed by atoms with Crippen LogP contribution in [0.2, 0.25) is 0 Å². The van der Waals surface area contributed by atoms with Crippen molar-refractivity contribution in [2.24, 2.45) is 0 Å². The first-order valence-electron chi connectivity index (χ1n) is 6.10. The van der Waals surface area contributed by atoms with Gasteiger partial charge in [0.15, 0.2) is 0 Å². The van der Waals surface area contributed by atoms with Crippen LogP contribution in [-0.2, 0) is 12.8 Å². The Bertz CT molecular complexity index is 454. The van der Waals surface area contributed by atoms with E-state index in [0.29, 0.717) is 13.0 Å². The van der Waals surface area contributed by atoms with Crippen LogP contribution in [0.15, 0.2) is 48.8 Å². The van der Waals surface area contributed by atoms with Crippen molar-refractivity contribution < 1.29 is 9.84 Å². The molecule has 0 bridgehead atoms. The lowest BCUT2D eigenvalue weighted by Gasteiger charge is -2.06. The predicted molar refractivity (Wildman–Crippen MR) is 70.7 cm³/mol. The highest BCUT2D eigenvalue weighted by molar-refractivity contribution is 5.27. The molecular formula is C15H17NO2. The number of benzene rings is 1. The molecule has 0 radical (unpaired) electrons. The van der Waals surface area contributed by atoms with Gasteiger partial charge in [-0.25, -0.2) is 0 Å². The molecule has 0 aliphatic rings. The van der Waals surface area contributed by atoms with Crippen molar-refractivity contribution in [2.75, 3.05) is 13.2 Å². The van der Waals surface area contributed by atoms with Gasteiger partial charge in [-0.1, -0.05) is 18.2 Å². The van der Waals surface area contributed by atoms with Gasteiger partial charge >= 0.3 is 0 Å². The Morgan fingerprint density at radius 2 is 1.83 bits per heavy atom. The smallest absolute Gasteiger partial charge is 0.119 e. The number of aromatic nitrogens is 1. The van der Waals surface area contributed by atoms with Crippen LogP contribution in [0.5, 0.6) is 5.75 Å². The second kappa shape index (κ2) is 6.77. The van der Waals surface area contributed by atoms with E-state index in [-0.39, 0.29) is 6.61 Å². The maximum Gasteiger partial charge on any atom is 0.119 e. The van der Waals surface area contributed by atoms with Crippen LogP contribution in [0.3, 0.4) is 0 Å². The van der Waals surface area contributed by atoms with Crippen molar-refractivity contribution in [1.29, 1.82) is 0 Å². The molecule has 0 aliphatic heterocycles. The van der Waals surface area contributed by atoms with Gasteiger partial charge in [-0.05, 0) is 35.7 Å². The molecule has 18 heavy (non-hydrogen) atoms. The second-order valence-electron chi connectivity index (χ2n) is 4.08. The number of rotatable bonds is 6. The molecule has 0 spiro atoms. The summed E-state index contributed by atoms with van der Waals surface area (Å²) in [5.41, 5.74) is 2.30. The topological polar surface area (TPSA) is 42.4 Å². The van der Waals surface area contributed by atoms with Gasteiger partial charge in [0.05, 0.1) is 6.61 Å². The average Bonchev–Trinajstić information content (AvgIpc) is 2.42. The fourth-order valence-electron chi connectivity index (χ4n) is 1.71. The van der Waals surface area contributed by atoms with Crippen molar-refractivity contribution in [1.82, 2.24) is 4.98 Å². The molecule has 3 nitrogen and oxygen atoms in total. The van der Waals surface area contributed by atoms with Crippen LogP contribution in [0.1, 0.15) is 11.1 Å². The van der Waals surface area contributed by atoms with Crippen molar-refractivity contribution in [3.8, 4) is 5.75 Å². The van der Waals surface area contributed by atoms with E-state index < -0.39 is 0 Å². The summed E-state index contributed by atoms with van der Waals surface area (Å²) in [6.45, 7) is 0.826. The molecule has 3 heteroatoms. The summed E-state index contributed by atoms with van der Waals surface area (Å²) in [5, 5.41) is 8.82. The van der Waals surface area contributed by atoms with Crippen LogP contribution in [-0.4, -0.2) is 23.3 Å². The van der Waals surface area contributed by atoms with E-state index in [1.54, 1.807) is 6.20 Å². The minimum atomic E-state index is 0.182. The van der Waals surface area contributed by atoms with E-state index in [1.165, 1.54) is 5.56 Å². The molecule has 0 atom stereocenters. The Kier molecular flexibility index (Phi) is 4.73. The summed E-state index contributed by atoms with van der Waals surface area (Å²) in [6.07, 6.45) is 5.17. The lowest BCUT2D eigenvalue weighted by atomic mass is 10.1. The average molecular weight is 243 g/mol. The van der Waals surface area contributed by atoms with E-state index in [9.17, 15) is 0 Å². The third-order valence-electron chi connectivity index (χ3n) is 2.71. The summed E-state index contributed by atoms with van der Waals surface area (Å²) in [5.74, 6) is 0.862. The molecule has 94 valence electrons. The quantitative estimate of drug-likeness (QED) is 0.846. The highest BCUT2D eigenvalue weighted by Gasteiger charge is 1.96. The molecule has 1 aromatic heterocycles. The molecular weight excluding hydrogens is 226 g/mol. The Labute approximate surface area is 107 Å². The molecule has 0 amide bonds. The van der Waals surface area contributed by atoms with Crippen molar-refractivity contribution in [3.05, 3.63) is 59.9 Å². The molecule has 1 N–H and O–H groups in total. The zero-order chi connectivity index (χ0) is 12.6. The molecule has 0 saturated carbocycles. The van der Waals surface area contributed by atoms with Gasteiger partial charge in [0.2, 0.25) is 0 Å². The lowest BCUT2D eigenvalue weighted by Crippen LogP contribution is -2.01. The van der Waals surface area contributed by atoms with Crippen LogP contribution in [0.4, 0.5) is 0 Å². The molecule has 2 aromatic rings. The van der Waals surface area contributed by atoms with Crippen LogP contribution >= 0.6 is 0 Å². The molecule has 1 aromatic carbocycles. The number of hydrogen-bond donors (Lipinski definition) is 1. The second-order valence-corrected chi connectivity index (χ2v) is 4.08. The third kappa shape index (κ3) is 3.86. The molecule has 2 rings (SSSR count). The van der Waals surface area contributed by atoms with Gasteiger partial charge in [0, 0.05) is 25.4 Å². The van der Waals surface area contributed by atoms with Crippen molar-refractivity contribution in [2.45, 2.75) is 12.8 Å². The maximum atomic E-state index is 8.82. The first-order valence-corrected chi connectivity index (χ1v) is 6.10. The Balaban J connectivity index is 1.80. The first-order chi connectivity index (χ1) is 8.88. The monoisotopic (exact) mass is 243 g/mol. The first kappa shape index (κ1) is 12.6. The Hall–Kier alpha value is -1.87. The molecule has 0 aliphatic carbocycles. The molecule has 1 heterocycles. The lowest BCUT2D eigenvalue weighted by molar-refractivity contribution is 0.299. The standard InChI is InChI=1S/C15H17NO2/c17-10-7-13-3-5-15(6-4-13)18-11-8-14-2-1-9-16-12-14/h1-6,9,12,17H,7-8,10-11H2. The zero-order valence-corrected chi connectivity index (χ0v) is 10.2. The van der Waals surface area contributed by atoms with Gasteiger partial charge in [0.25, 0.3) is 0 Å². The van der Waals surface area contributed by atoms with E-state index in [0.717, 1.165) is 17.7 Å². The highest BCUT2D eigenvalue weighted by atomic mass is 16.5. The van der Waals surface area contributed by atoms with Crippen LogP contribution in [0, 0.1) is 0 Å². The van der Waals surface area contributed by atoms with Gasteiger partial charge in [-0.15, -0.1) is 0 Å². The fourth-order valence-corrected chi connectivity index (χ4v) is 1.71. The van der Waals surface area contributed by atoms with Gasteiger partial charge in [-0.2, -0.15) is 0 Å². The normalized spacial score (nSPS) is 10.3. The minimum Gasteiger partial charge on any atom is -0.493 e. The number of hydrogen-bond acceptors (Lipinski definition) is 3. The van der Waals surface area contributed by atoms with E-state index >= 15 is 0 Å². The number of aliphatic hydroxyl groups excluding tert-OH is 1. The zero-order valence-electron chi connectivity index (χ0n) is 10.2. The van der Waals surface area contributed by atoms with Crippen molar-refractivity contribution >= 4 is 0 Å². The number of pyridine rings is 1. The van der Waals surface area contributed by atoms with Crippen LogP contribution in [0.25, 0.3) is 0 Å². The molecule has 0 saturated heterocycles. The summed E-state index contributed by atoms with van der Waals surface area (Å²) in [7, 11) is 0. The number of nitrogens with zero attached hydrogens (tertiary/aromatic N) is 1. The Morgan fingerprint density at radius 3 is 2.50 bits per heavy atom. The van der Waals surface area contributed by atoms with Gasteiger partial charge < -0.3 is 9.84 Å². The van der Waals surface area contributed by atoms with E-state index in [1.807, 2.05) is 42.6 Å². The Morgan fingerprint density at radius 1 is 1.00 bits per heavy atom. The molecule has 0 fully saturated rings. The number of aliphatic hydroxyl groups is 1. The van der Waals surface area contributed by atoms with Gasteiger partial charge in [0.1, 0.15) is 5.75 Å². The fraction of sp³-hybridized carbons (Fsp3) is 0.267. The van der Waals surface area contributed by atoms with E-state index in [2.05, 4.69) is 4.98 Å². The van der Waals surface area contributed by atoms with Crippen molar-refractivity contribution in [3.63, 3.8) is 0 Å². The van der Waals surface area contributed by atoms with Gasteiger partial charge in [-0.3, -0.25) is 4.98 Å². The van der Waals surface area contributed by atoms with E-state index in [4.69, 9.17) is 9.84 Å². The summed E-state index contributed by atoms with van der Waals surface area (Å²) < 4.78 is 5.65. The largest absolute Gasteiger partial charge is 0.493 e. The highest BCUT2D eigenvalue weighted by Crippen LogP contribution is 2.13.